The first-order valence-electron chi connectivity index (χ1n) is 4.87. The second-order valence-corrected chi connectivity index (χ2v) is 4.47. The molecule has 0 unspecified atom stereocenters. The van der Waals surface area contributed by atoms with Gasteiger partial charge in [-0.05, 0) is 6.07 Å². The zero-order chi connectivity index (χ0) is 13.1. The molecule has 0 bridgehead atoms. The number of thiazole rings is 1. The lowest BCUT2D eigenvalue weighted by atomic mass is 10.4. The van der Waals surface area contributed by atoms with E-state index in [1.807, 2.05) is 0 Å². The highest BCUT2D eigenvalue weighted by atomic mass is 32.1. The third-order valence-corrected chi connectivity index (χ3v) is 3.11. The lowest BCUT2D eigenvalue weighted by Crippen LogP contribution is -2.21. The Bertz CT molecular complexity index is 635. The number of hydrogen-bond donors (Lipinski definition) is 2. The van der Waals surface area contributed by atoms with Crippen molar-refractivity contribution in [3.05, 3.63) is 49.9 Å². The highest BCUT2D eigenvalue weighted by Crippen LogP contribution is 2.17. The summed E-state index contributed by atoms with van der Waals surface area (Å²) in [6.07, 6.45) is 3.05. The molecule has 0 amide bonds. The Morgan fingerprint density at radius 2 is 2.39 bits per heavy atom. The summed E-state index contributed by atoms with van der Waals surface area (Å²) in [5, 5.41) is 11.1. The average Bonchev–Trinajstić information content (AvgIpc) is 2.79. The second-order valence-electron chi connectivity index (χ2n) is 3.36. The van der Waals surface area contributed by atoms with Crippen LogP contribution in [0.5, 0.6) is 0 Å². The molecule has 0 spiro atoms. The number of aromatic nitrogens is 2. The summed E-state index contributed by atoms with van der Waals surface area (Å²) in [5.41, 5.74) is 1.30. The van der Waals surface area contributed by atoms with Gasteiger partial charge in [-0.25, -0.2) is 10.8 Å². The number of nitrogen functional groups attached to an aromatic ring is 1. The minimum atomic E-state index is -0.696. The van der Waals surface area contributed by atoms with Crippen LogP contribution in [0.15, 0.2) is 29.3 Å². The molecule has 2 aromatic rings. The monoisotopic (exact) mass is 267 g/mol. The third-order valence-electron chi connectivity index (χ3n) is 2.20. The van der Waals surface area contributed by atoms with Crippen LogP contribution in [0.1, 0.15) is 4.88 Å². The van der Waals surface area contributed by atoms with Gasteiger partial charge in [-0.2, -0.15) is 0 Å². The predicted molar refractivity (Wildman–Crippen MR) is 66.4 cm³/mol. The van der Waals surface area contributed by atoms with Crippen molar-refractivity contribution in [2.75, 3.05) is 5.43 Å². The minimum Gasteiger partial charge on any atom is -0.304 e. The second kappa shape index (κ2) is 4.94. The molecule has 0 atom stereocenters. The molecule has 0 saturated carbocycles. The lowest BCUT2D eigenvalue weighted by molar-refractivity contribution is -0.386. The van der Waals surface area contributed by atoms with Crippen molar-refractivity contribution >= 4 is 22.2 Å². The SMILES string of the molecule is NNc1ncc(Cn2cccc([N+](=O)[O-])c2=O)s1. The van der Waals surface area contributed by atoms with Crippen molar-refractivity contribution in [2.45, 2.75) is 6.54 Å². The first-order chi connectivity index (χ1) is 8.61. The first kappa shape index (κ1) is 12.2. The first-order valence-corrected chi connectivity index (χ1v) is 5.68. The van der Waals surface area contributed by atoms with E-state index < -0.39 is 16.2 Å². The Kier molecular flexibility index (Phi) is 3.35. The van der Waals surface area contributed by atoms with Crippen molar-refractivity contribution in [3.63, 3.8) is 0 Å². The van der Waals surface area contributed by atoms with Crippen LogP contribution in [0.4, 0.5) is 10.8 Å². The maximum atomic E-state index is 11.8. The van der Waals surface area contributed by atoms with Crippen LogP contribution in [0.25, 0.3) is 0 Å². The van der Waals surface area contributed by atoms with Crippen LogP contribution in [0, 0.1) is 10.1 Å². The number of nitrogens with one attached hydrogen (secondary N) is 1. The zero-order valence-corrected chi connectivity index (χ0v) is 9.88. The predicted octanol–water partition coefficient (Wildman–Crippen LogP) is 0.547. The molecule has 3 N–H and O–H groups in total. The topological polar surface area (TPSA) is 116 Å². The molecule has 0 fully saturated rings. The molecule has 0 radical (unpaired) electrons. The number of rotatable bonds is 4. The van der Waals surface area contributed by atoms with E-state index in [0.29, 0.717) is 5.13 Å². The van der Waals surface area contributed by atoms with Gasteiger partial charge in [0, 0.05) is 23.3 Å². The number of hydrogen-bond acceptors (Lipinski definition) is 7. The van der Waals surface area contributed by atoms with Gasteiger partial charge in [0.05, 0.1) is 11.5 Å². The van der Waals surface area contributed by atoms with Crippen molar-refractivity contribution in [1.29, 1.82) is 0 Å². The molecule has 94 valence electrons. The highest BCUT2D eigenvalue weighted by molar-refractivity contribution is 7.15. The molecule has 9 heteroatoms. The molecule has 0 aliphatic heterocycles. The maximum Gasteiger partial charge on any atom is 0.334 e. The fourth-order valence-corrected chi connectivity index (χ4v) is 2.12. The molecule has 2 rings (SSSR count). The molecular weight excluding hydrogens is 258 g/mol. The standard InChI is InChI=1S/C9H9N5O3S/c10-12-9-11-4-6(18-9)5-13-3-1-2-7(8(13)15)14(16)17/h1-4H,5,10H2,(H,11,12). The zero-order valence-electron chi connectivity index (χ0n) is 9.07. The van der Waals surface area contributed by atoms with Crippen molar-refractivity contribution in [3.8, 4) is 0 Å². The lowest BCUT2D eigenvalue weighted by Gasteiger charge is -2.02. The van der Waals surface area contributed by atoms with E-state index in [-0.39, 0.29) is 6.54 Å². The summed E-state index contributed by atoms with van der Waals surface area (Å²) in [5.74, 6) is 5.19. The minimum absolute atomic E-state index is 0.222. The fourth-order valence-electron chi connectivity index (χ4n) is 1.40. The van der Waals surface area contributed by atoms with Gasteiger partial charge >= 0.3 is 11.2 Å². The number of pyridine rings is 1. The van der Waals surface area contributed by atoms with E-state index >= 15 is 0 Å². The van der Waals surface area contributed by atoms with Crippen molar-refractivity contribution in [2.24, 2.45) is 5.84 Å². The number of anilines is 1. The van der Waals surface area contributed by atoms with Gasteiger partial charge in [0.2, 0.25) is 0 Å². The Morgan fingerprint density at radius 3 is 3.00 bits per heavy atom. The highest BCUT2D eigenvalue weighted by Gasteiger charge is 2.14. The van der Waals surface area contributed by atoms with E-state index in [4.69, 9.17) is 5.84 Å². The van der Waals surface area contributed by atoms with Crippen molar-refractivity contribution < 1.29 is 4.92 Å². The van der Waals surface area contributed by atoms with E-state index in [2.05, 4.69) is 10.4 Å². The van der Waals surface area contributed by atoms with Gasteiger partial charge in [-0.15, -0.1) is 0 Å². The number of hydrazine groups is 1. The molecule has 0 aromatic carbocycles. The molecule has 0 aliphatic carbocycles. The number of nitrogens with two attached hydrogens (primary N) is 1. The molecule has 18 heavy (non-hydrogen) atoms. The van der Waals surface area contributed by atoms with Gasteiger partial charge in [0.25, 0.3) is 0 Å². The number of nitro groups is 1. The van der Waals surface area contributed by atoms with Crippen LogP contribution in [0.3, 0.4) is 0 Å². The van der Waals surface area contributed by atoms with Gasteiger partial charge < -0.3 is 4.57 Å². The van der Waals surface area contributed by atoms with E-state index in [1.54, 1.807) is 6.20 Å². The molecule has 0 saturated heterocycles. The summed E-state index contributed by atoms with van der Waals surface area (Å²) < 4.78 is 1.26. The Hall–Kier alpha value is -2.26. The third kappa shape index (κ3) is 2.36. The van der Waals surface area contributed by atoms with E-state index in [1.165, 1.54) is 34.2 Å². The largest absolute Gasteiger partial charge is 0.334 e. The Labute approximate surface area is 105 Å². The molecule has 2 aromatic heterocycles. The van der Waals surface area contributed by atoms with Crippen LogP contribution >= 0.6 is 11.3 Å². The molecular formula is C9H9N5O3S. The Balaban J connectivity index is 2.32. The van der Waals surface area contributed by atoms with Crippen LogP contribution in [0.2, 0.25) is 0 Å². The molecule has 8 nitrogen and oxygen atoms in total. The summed E-state index contributed by atoms with van der Waals surface area (Å²) in [6.45, 7) is 0.222. The molecule has 0 aliphatic rings. The van der Waals surface area contributed by atoms with Gasteiger partial charge in [-0.1, -0.05) is 11.3 Å². The molecule has 2 heterocycles. The van der Waals surface area contributed by atoms with E-state index in [0.717, 1.165) is 4.88 Å². The van der Waals surface area contributed by atoms with E-state index in [9.17, 15) is 14.9 Å². The van der Waals surface area contributed by atoms with Gasteiger partial charge in [-0.3, -0.25) is 20.3 Å². The summed E-state index contributed by atoms with van der Waals surface area (Å²) >= 11 is 1.27. The maximum absolute atomic E-state index is 11.8. The normalized spacial score (nSPS) is 10.3. The van der Waals surface area contributed by atoms with Gasteiger partial charge in [0.15, 0.2) is 5.13 Å². The summed E-state index contributed by atoms with van der Waals surface area (Å²) in [4.78, 5) is 26.4. The average molecular weight is 267 g/mol. The smallest absolute Gasteiger partial charge is 0.304 e. The summed E-state index contributed by atoms with van der Waals surface area (Å²) in [6, 6.07) is 2.64. The van der Waals surface area contributed by atoms with Crippen LogP contribution in [-0.2, 0) is 6.54 Å². The quantitative estimate of drug-likeness (QED) is 0.474. The van der Waals surface area contributed by atoms with Gasteiger partial charge in [0.1, 0.15) is 0 Å². The Morgan fingerprint density at radius 1 is 1.61 bits per heavy atom. The number of nitrogens with zero attached hydrogens (tertiary/aromatic N) is 3. The van der Waals surface area contributed by atoms with Crippen LogP contribution in [-0.4, -0.2) is 14.5 Å². The fraction of sp³-hybridized carbons (Fsp3) is 0.111. The van der Waals surface area contributed by atoms with Crippen LogP contribution < -0.4 is 16.8 Å². The van der Waals surface area contributed by atoms with Crippen molar-refractivity contribution in [1.82, 2.24) is 9.55 Å². The summed E-state index contributed by atoms with van der Waals surface area (Å²) in [7, 11) is 0.